The highest BCUT2D eigenvalue weighted by atomic mass is 16.7. The monoisotopic (exact) mass is 1270 g/mol. The van der Waals surface area contributed by atoms with Gasteiger partial charge in [0.05, 0.1) is 34.4 Å². The molecule has 0 aliphatic rings. The maximum atomic E-state index is 13.0. The van der Waals surface area contributed by atoms with Crippen molar-refractivity contribution in [3.8, 4) is 0 Å². The summed E-state index contributed by atoms with van der Waals surface area (Å²) in [6.45, 7) is 4.75. The molecule has 2 unspecified atom stereocenters. The molecule has 2 atom stereocenters. The summed E-state index contributed by atoms with van der Waals surface area (Å²) in [6, 6.07) is 0. The standard InChI is InChI=1S/C82H137NO8/c1-6-8-10-12-14-16-18-20-22-24-26-28-30-32-34-35-36-37-38-39-40-41-42-43-44-45-47-49-51-53-55-57-59-61-63-65-67-69-71-73-80(85)91-78(77-90-82(81(86)87)88-75-74-83(3,4)5)76-89-79(84)72-70-68-66-64-62-60-58-56-54-52-50-48-46-33-31-29-27-25-23-21-19-17-15-13-11-9-7-2/h8,10,14,16,19-22,25-28,32,34,36-37,39-40,42-43,45,47,51,53,78,82H,6-7,9,11-13,15,17-18,23-24,29-31,33,35,38,41,44,46,48-50,52,54-77H2,1-5H3/p+1/b10-8-,16-14-,21-19-,22-20-,27-25-,28-26-,34-32-,37-36-,40-39-,43-42-,47-45-,53-51-. The normalized spacial score (nSPS) is 13.5. The quantitative estimate of drug-likeness (QED) is 0.0211. The molecule has 91 heavy (non-hydrogen) atoms. The van der Waals surface area contributed by atoms with E-state index in [0.717, 1.165) is 116 Å². The first-order valence-corrected chi connectivity index (χ1v) is 37.0. The minimum Gasteiger partial charge on any atom is -0.477 e. The maximum Gasteiger partial charge on any atom is 0.361 e. The van der Waals surface area contributed by atoms with Gasteiger partial charge in [-0.3, -0.25) is 9.59 Å². The third kappa shape index (κ3) is 72.5. The van der Waals surface area contributed by atoms with Gasteiger partial charge in [0.2, 0.25) is 0 Å². The lowest BCUT2D eigenvalue weighted by molar-refractivity contribution is -0.870. The van der Waals surface area contributed by atoms with Crippen LogP contribution >= 0.6 is 0 Å². The number of nitrogens with zero attached hydrogens (tertiary/aromatic N) is 1. The smallest absolute Gasteiger partial charge is 0.361 e. The van der Waals surface area contributed by atoms with Gasteiger partial charge in [-0.15, -0.1) is 0 Å². The molecule has 0 aromatic heterocycles. The van der Waals surface area contributed by atoms with Crippen molar-refractivity contribution in [2.45, 2.75) is 309 Å². The number of allylic oxidation sites excluding steroid dienone is 24. The Morgan fingerprint density at radius 2 is 0.626 bits per heavy atom. The third-order valence-corrected chi connectivity index (χ3v) is 15.6. The van der Waals surface area contributed by atoms with E-state index in [1.54, 1.807) is 0 Å². The SMILES string of the molecule is CC/C=C\C/C=C\C/C=C\C/C=C\C/C=C\C/C=C\C/C=C\C/C=C\C/C=C\C/C=C\CCCCCCCCCCC(=O)OC(COC(=O)CCCCCCCCCCCCCCCCC/C=C\C/C=C\CCCCCCC)COC(OCC[N+](C)(C)C)C(=O)O. The number of carbonyl (C=O) groups excluding carboxylic acids is 2. The van der Waals surface area contributed by atoms with Crippen LogP contribution in [-0.2, 0) is 33.3 Å². The number of carboxylic acids is 1. The number of carbonyl (C=O) groups is 3. The Morgan fingerprint density at radius 1 is 0.341 bits per heavy atom. The van der Waals surface area contributed by atoms with E-state index < -0.39 is 24.3 Å². The van der Waals surface area contributed by atoms with Crippen molar-refractivity contribution in [2.24, 2.45) is 0 Å². The zero-order valence-electron chi connectivity index (χ0n) is 59.2. The lowest BCUT2D eigenvalue weighted by atomic mass is 10.0. The van der Waals surface area contributed by atoms with E-state index in [4.69, 9.17) is 18.9 Å². The lowest BCUT2D eigenvalue weighted by Crippen LogP contribution is -2.40. The van der Waals surface area contributed by atoms with Crippen LogP contribution < -0.4 is 0 Å². The molecule has 9 heteroatoms. The second-order valence-corrected chi connectivity index (χ2v) is 25.5. The minimum atomic E-state index is -1.52. The van der Waals surface area contributed by atoms with Gasteiger partial charge in [0.15, 0.2) is 6.10 Å². The van der Waals surface area contributed by atoms with E-state index in [0.29, 0.717) is 23.9 Å². The summed E-state index contributed by atoms with van der Waals surface area (Å²) < 4.78 is 23.0. The number of rotatable bonds is 67. The van der Waals surface area contributed by atoms with E-state index >= 15 is 0 Å². The first-order chi connectivity index (χ1) is 44.6. The first kappa shape index (κ1) is 86.2. The van der Waals surface area contributed by atoms with Crippen molar-refractivity contribution < 1.29 is 42.9 Å². The van der Waals surface area contributed by atoms with Gasteiger partial charge in [-0.2, -0.15) is 0 Å². The Labute approximate surface area is 560 Å². The van der Waals surface area contributed by atoms with E-state index in [-0.39, 0.29) is 32.2 Å². The highest BCUT2D eigenvalue weighted by Crippen LogP contribution is 2.17. The number of ether oxygens (including phenoxy) is 4. The molecule has 0 aromatic rings. The number of esters is 2. The first-order valence-electron chi connectivity index (χ1n) is 37.0. The molecule has 0 bridgehead atoms. The van der Waals surface area contributed by atoms with Crippen LogP contribution in [0.4, 0.5) is 0 Å². The number of quaternary nitrogens is 1. The van der Waals surface area contributed by atoms with Crippen LogP contribution in [0.15, 0.2) is 146 Å². The molecule has 0 fully saturated rings. The summed E-state index contributed by atoms with van der Waals surface area (Å²) in [5.74, 6) is -2.02. The molecule has 0 saturated carbocycles. The van der Waals surface area contributed by atoms with Crippen molar-refractivity contribution in [1.29, 1.82) is 0 Å². The molecule has 0 radical (unpaired) electrons. The molecule has 0 aromatic carbocycles. The number of likely N-dealkylation sites (N-methyl/N-ethyl adjacent to an activating group) is 1. The molecule has 0 spiro atoms. The van der Waals surface area contributed by atoms with Crippen LogP contribution in [0.1, 0.15) is 296 Å². The van der Waals surface area contributed by atoms with Crippen LogP contribution in [-0.4, -0.2) is 87.4 Å². The van der Waals surface area contributed by atoms with Gasteiger partial charge in [-0.25, -0.2) is 4.79 Å². The largest absolute Gasteiger partial charge is 0.477 e. The predicted octanol–water partition coefficient (Wildman–Crippen LogP) is 23.5. The highest BCUT2D eigenvalue weighted by molar-refractivity contribution is 5.71. The number of aliphatic carboxylic acids is 1. The Hall–Kier alpha value is -4.83. The van der Waals surface area contributed by atoms with E-state index in [9.17, 15) is 19.5 Å². The second-order valence-electron chi connectivity index (χ2n) is 25.5. The molecule has 0 saturated heterocycles. The summed E-state index contributed by atoms with van der Waals surface area (Å²) >= 11 is 0. The Balaban J connectivity index is 4.16. The van der Waals surface area contributed by atoms with Gasteiger partial charge in [0.1, 0.15) is 13.2 Å². The summed E-state index contributed by atoms with van der Waals surface area (Å²) in [5, 5.41) is 9.76. The topological polar surface area (TPSA) is 108 Å². The van der Waals surface area contributed by atoms with Gasteiger partial charge in [0, 0.05) is 12.8 Å². The Bertz CT molecular complexity index is 2010. The molecule has 1 N–H and O–H groups in total. The molecular weight excluding hydrogens is 1130 g/mol. The average molecular weight is 1270 g/mol. The molecule has 518 valence electrons. The van der Waals surface area contributed by atoms with E-state index in [1.165, 1.54) is 148 Å². The van der Waals surface area contributed by atoms with Crippen LogP contribution in [0.5, 0.6) is 0 Å². The summed E-state index contributed by atoms with van der Waals surface area (Å²) in [4.78, 5) is 37.7. The van der Waals surface area contributed by atoms with Gasteiger partial charge < -0.3 is 28.5 Å². The summed E-state index contributed by atoms with van der Waals surface area (Å²) in [7, 11) is 5.97. The number of hydrogen-bond donors (Lipinski definition) is 1. The van der Waals surface area contributed by atoms with Gasteiger partial charge in [-0.1, -0.05) is 307 Å². The van der Waals surface area contributed by atoms with Gasteiger partial charge in [0.25, 0.3) is 6.29 Å². The Morgan fingerprint density at radius 3 is 0.934 bits per heavy atom. The molecule has 0 aliphatic carbocycles. The van der Waals surface area contributed by atoms with Crippen LogP contribution in [0.25, 0.3) is 0 Å². The molecule has 0 heterocycles. The number of unbranched alkanes of at least 4 members (excludes halogenated alkanes) is 28. The minimum absolute atomic E-state index is 0.180. The fourth-order valence-corrected chi connectivity index (χ4v) is 9.96. The highest BCUT2D eigenvalue weighted by Gasteiger charge is 2.25. The third-order valence-electron chi connectivity index (χ3n) is 15.6. The fourth-order valence-electron chi connectivity index (χ4n) is 9.96. The van der Waals surface area contributed by atoms with Crippen molar-refractivity contribution in [2.75, 3.05) is 47.5 Å². The average Bonchev–Trinajstić information content (AvgIpc) is 3.46. The molecule has 0 rings (SSSR count). The molecule has 0 aliphatic heterocycles. The fraction of sp³-hybridized carbons (Fsp3) is 0.671. The molecule has 0 amide bonds. The van der Waals surface area contributed by atoms with Crippen molar-refractivity contribution in [3.63, 3.8) is 0 Å². The summed E-state index contributed by atoms with van der Waals surface area (Å²) in [5.41, 5.74) is 0. The Kier molecular flexibility index (Phi) is 67.3. The molecule has 9 nitrogen and oxygen atoms in total. The van der Waals surface area contributed by atoms with Crippen LogP contribution in [0, 0.1) is 0 Å². The number of carboxylic acid groups (broad SMARTS) is 1. The lowest BCUT2D eigenvalue weighted by Gasteiger charge is -2.25. The van der Waals surface area contributed by atoms with E-state index in [2.05, 4.69) is 160 Å². The predicted molar refractivity (Wildman–Crippen MR) is 391 cm³/mol. The maximum absolute atomic E-state index is 13.0. The second kappa shape index (κ2) is 71.0. The van der Waals surface area contributed by atoms with Crippen molar-refractivity contribution in [3.05, 3.63) is 146 Å². The zero-order chi connectivity index (χ0) is 66.1. The number of hydrogen-bond acceptors (Lipinski definition) is 7. The molecular formula is C82H138NO8+. The van der Waals surface area contributed by atoms with Crippen molar-refractivity contribution >= 4 is 17.9 Å². The van der Waals surface area contributed by atoms with E-state index in [1.807, 2.05) is 21.1 Å². The summed E-state index contributed by atoms with van der Waals surface area (Å²) in [6.07, 6.45) is 101. The van der Waals surface area contributed by atoms with Gasteiger partial charge >= 0.3 is 17.9 Å². The van der Waals surface area contributed by atoms with Gasteiger partial charge in [-0.05, 0) is 122 Å². The van der Waals surface area contributed by atoms with Crippen LogP contribution in [0.2, 0.25) is 0 Å². The van der Waals surface area contributed by atoms with Crippen LogP contribution in [0.3, 0.4) is 0 Å². The van der Waals surface area contributed by atoms with Crippen molar-refractivity contribution in [1.82, 2.24) is 0 Å². The zero-order valence-corrected chi connectivity index (χ0v) is 59.2.